The number of anilines is 1. The molecular weight excluding hydrogens is 334 g/mol. The number of nitrogens with zero attached hydrogens (tertiary/aromatic N) is 3. The average molecular weight is 357 g/mol. The molecule has 0 aromatic heterocycles. The fourth-order valence-electron chi connectivity index (χ4n) is 3.67. The molecule has 1 heterocycles. The monoisotopic (exact) mass is 357 g/mol. The second kappa shape index (κ2) is 7.68. The lowest BCUT2D eigenvalue weighted by molar-refractivity contribution is -0.143. The Bertz CT molecular complexity index is 713. The summed E-state index contributed by atoms with van der Waals surface area (Å²) in [4.78, 5) is 52.6. The molecule has 1 saturated carbocycles. The molecule has 5 amide bonds. The number of carbonyl (C=O) groups is 4. The molecule has 7 nitrogen and oxygen atoms in total. The molecule has 0 radical (unpaired) electrons. The SMILES string of the molecule is CCN1C(=O)C(=O)N(CC(=O)N(c2ccccc2)C2CCCCC2)C1=O. The lowest BCUT2D eigenvalue weighted by atomic mass is 9.93. The fraction of sp³-hybridized carbons (Fsp3) is 0.474. The highest BCUT2D eigenvalue weighted by Crippen LogP contribution is 2.28. The Kier molecular flexibility index (Phi) is 5.35. The maximum atomic E-state index is 13.0. The van der Waals surface area contributed by atoms with Gasteiger partial charge < -0.3 is 4.90 Å². The molecule has 138 valence electrons. The first-order chi connectivity index (χ1) is 12.5. The van der Waals surface area contributed by atoms with E-state index in [-0.39, 0.29) is 18.5 Å². The van der Waals surface area contributed by atoms with Crippen molar-refractivity contribution in [1.29, 1.82) is 0 Å². The Hall–Kier alpha value is -2.70. The molecule has 2 fully saturated rings. The molecule has 0 spiro atoms. The highest BCUT2D eigenvalue weighted by atomic mass is 16.2. The van der Waals surface area contributed by atoms with Crippen LogP contribution in [0.4, 0.5) is 10.5 Å². The van der Waals surface area contributed by atoms with Crippen LogP contribution in [-0.2, 0) is 14.4 Å². The van der Waals surface area contributed by atoms with Crippen LogP contribution in [0, 0.1) is 0 Å². The predicted octanol–water partition coefficient (Wildman–Crippen LogP) is 2.16. The molecule has 0 N–H and O–H groups in total. The van der Waals surface area contributed by atoms with Crippen molar-refractivity contribution >= 4 is 29.4 Å². The van der Waals surface area contributed by atoms with Crippen LogP contribution in [0.5, 0.6) is 0 Å². The molecule has 1 saturated heterocycles. The number of urea groups is 1. The van der Waals surface area contributed by atoms with Gasteiger partial charge in [0.2, 0.25) is 5.91 Å². The first-order valence-electron chi connectivity index (χ1n) is 9.09. The Morgan fingerprint density at radius 3 is 2.19 bits per heavy atom. The molecule has 0 unspecified atom stereocenters. The third-order valence-corrected chi connectivity index (χ3v) is 4.99. The molecule has 0 bridgehead atoms. The number of rotatable bonds is 5. The van der Waals surface area contributed by atoms with Crippen LogP contribution in [0.3, 0.4) is 0 Å². The minimum atomic E-state index is -0.929. The van der Waals surface area contributed by atoms with Crippen LogP contribution in [0.15, 0.2) is 30.3 Å². The van der Waals surface area contributed by atoms with Gasteiger partial charge >= 0.3 is 17.8 Å². The van der Waals surface area contributed by atoms with Gasteiger partial charge in [-0.2, -0.15) is 0 Å². The number of likely N-dealkylation sites (N-methyl/N-ethyl adjacent to an activating group) is 1. The molecule has 2 aliphatic rings. The van der Waals surface area contributed by atoms with Crippen LogP contribution in [0.2, 0.25) is 0 Å². The topological polar surface area (TPSA) is 78.0 Å². The van der Waals surface area contributed by atoms with E-state index in [1.807, 2.05) is 30.3 Å². The van der Waals surface area contributed by atoms with Gasteiger partial charge in [0.15, 0.2) is 0 Å². The summed E-state index contributed by atoms with van der Waals surface area (Å²) in [6, 6.07) is 8.61. The van der Waals surface area contributed by atoms with Gasteiger partial charge in [-0.05, 0) is 31.9 Å². The van der Waals surface area contributed by atoms with Gasteiger partial charge in [-0.1, -0.05) is 37.5 Å². The minimum Gasteiger partial charge on any atom is -0.308 e. The first-order valence-corrected chi connectivity index (χ1v) is 9.09. The van der Waals surface area contributed by atoms with E-state index in [4.69, 9.17) is 0 Å². The number of benzene rings is 1. The Balaban J connectivity index is 1.83. The van der Waals surface area contributed by atoms with Crippen molar-refractivity contribution in [1.82, 2.24) is 9.80 Å². The number of hydrogen-bond acceptors (Lipinski definition) is 4. The molecule has 3 rings (SSSR count). The molecule has 1 aliphatic carbocycles. The molecule has 26 heavy (non-hydrogen) atoms. The van der Waals surface area contributed by atoms with E-state index in [9.17, 15) is 19.2 Å². The van der Waals surface area contributed by atoms with Gasteiger partial charge in [-0.15, -0.1) is 0 Å². The van der Waals surface area contributed by atoms with E-state index in [1.54, 1.807) is 11.8 Å². The van der Waals surface area contributed by atoms with Crippen molar-refractivity contribution in [2.24, 2.45) is 0 Å². The fourth-order valence-corrected chi connectivity index (χ4v) is 3.67. The Morgan fingerprint density at radius 1 is 1.00 bits per heavy atom. The molecule has 7 heteroatoms. The lowest BCUT2D eigenvalue weighted by Crippen LogP contribution is -2.48. The van der Waals surface area contributed by atoms with E-state index in [0.29, 0.717) is 0 Å². The zero-order valence-electron chi connectivity index (χ0n) is 14.9. The summed E-state index contributed by atoms with van der Waals surface area (Å²) in [5.74, 6) is -2.13. The summed E-state index contributed by atoms with van der Waals surface area (Å²) in [7, 11) is 0. The minimum absolute atomic E-state index is 0.0458. The number of carbonyl (C=O) groups excluding carboxylic acids is 4. The van der Waals surface area contributed by atoms with Crippen LogP contribution >= 0.6 is 0 Å². The van der Waals surface area contributed by atoms with E-state index < -0.39 is 24.4 Å². The summed E-state index contributed by atoms with van der Waals surface area (Å²) in [5, 5.41) is 0. The second-order valence-corrected chi connectivity index (χ2v) is 6.61. The summed E-state index contributed by atoms with van der Waals surface area (Å²) < 4.78 is 0. The molecular formula is C19H23N3O4. The van der Waals surface area contributed by atoms with Gasteiger partial charge in [0.25, 0.3) is 0 Å². The van der Waals surface area contributed by atoms with Gasteiger partial charge in [0.1, 0.15) is 6.54 Å². The largest absolute Gasteiger partial charge is 0.334 e. The smallest absolute Gasteiger partial charge is 0.308 e. The quantitative estimate of drug-likeness (QED) is 0.598. The summed E-state index contributed by atoms with van der Waals surface area (Å²) in [6.45, 7) is 1.32. The van der Waals surface area contributed by atoms with Crippen molar-refractivity contribution in [2.75, 3.05) is 18.0 Å². The Morgan fingerprint density at radius 2 is 1.62 bits per heavy atom. The molecule has 1 aromatic carbocycles. The maximum Gasteiger partial charge on any atom is 0.334 e. The zero-order chi connectivity index (χ0) is 18.7. The molecule has 1 aromatic rings. The number of imide groups is 2. The van der Waals surface area contributed by atoms with E-state index in [0.717, 1.165) is 47.6 Å². The van der Waals surface area contributed by atoms with Crippen molar-refractivity contribution < 1.29 is 19.2 Å². The standard InChI is InChI=1S/C19H23N3O4/c1-2-20-17(24)18(25)21(19(20)26)13-16(23)22(14-9-5-3-6-10-14)15-11-7-4-8-12-15/h3,5-6,9-10,15H,2,4,7-8,11-13H2,1H3. The highest BCUT2D eigenvalue weighted by Gasteiger charge is 2.45. The maximum absolute atomic E-state index is 13.0. The van der Waals surface area contributed by atoms with Crippen molar-refractivity contribution in [3.05, 3.63) is 30.3 Å². The van der Waals surface area contributed by atoms with Gasteiger partial charge in [0.05, 0.1) is 0 Å². The van der Waals surface area contributed by atoms with E-state index in [1.165, 1.54) is 0 Å². The van der Waals surface area contributed by atoms with E-state index in [2.05, 4.69) is 0 Å². The van der Waals surface area contributed by atoms with Crippen LogP contribution < -0.4 is 4.90 Å². The third-order valence-electron chi connectivity index (χ3n) is 4.99. The van der Waals surface area contributed by atoms with Gasteiger partial charge in [-0.3, -0.25) is 19.3 Å². The number of hydrogen-bond donors (Lipinski definition) is 0. The number of para-hydroxylation sites is 1. The number of amides is 5. The lowest BCUT2D eigenvalue weighted by Gasteiger charge is -2.35. The third kappa shape index (κ3) is 3.34. The second-order valence-electron chi connectivity index (χ2n) is 6.61. The van der Waals surface area contributed by atoms with E-state index >= 15 is 0 Å². The summed E-state index contributed by atoms with van der Waals surface area (Å²) >= 11 is 0. The molecule has 0 atom stereocenters. The summed E-state index contributed by atoms with van der Waals surface area (Å²) in [5.41, 5.74) is 0.752. The van der Waals surface area contributed by atoms with Gasteiger partial charge in [0, 0.05) is 18.3 Å². The Labute approximate surface area is 152 Å². The zero-order valence-corrected chi connectivity index (χ0v) is 14.9. The average Bonchev–Trinajstić information content (AvgIpc) is 2.87. The van der Waals surface area contributed by atoms with Crippen LogP contribution in [-0.4, -0.2) is 52.7 Å². The summed E-state index contributed by atoms with van der Waals surface area (Å²) in [6.07, 6.45) is 5.03. The van der Waals surface area contributed by atoms with Gasteiger partial charge in [-0.25, -0.2) is 9.69 Å². The normalized spacial score (nSPS) is 18.6. The van der Waals surface area contributed by atoms with Crippen molar-refractivity contribution in [3.63, 3.8) is 0 Å². The van der Waals surface area contributed by atoms with Crippen LogP contribution in [0.25, 0.3) is 0 Å². The predicted molar refractivity (Wildman–Crippen MR) is 95.3 cm³/mol. The molecule has 1 aliphatic heterocycles. The van der Waals surface area contributed by atoms with Crippen molar-refractivity contribution in [3.8, 4) is 0 Å². The van der Waals surface area contributed by atoms with Crippen molar-refractivity contribution in [2.45, 2.75) is 45.1 Å². The first kappa shape index (κ1) is 18.1. The van der Waals surface area contributed by atoms with Crippen LogP contribution in [0.1, 0.15) is 39.0 Å². The highest BCUT2D eigenvalue weighted by molar-refractivity contribution is 6.45.